The highest BCUT2D eigenvalue weighted by Crippen LogP contribution is 2.19. The molecular formula is C14H20N4O. The Labute approximate surface area is 113 Å². The van der Waals surface area contributed by atoms with Crippen LogP contribution in [-0.2, 0) is 6.42 Å². The molecule has 2 heterocycles. The van der Waals surface area contributed by atoms with Crippen molar-refractivity contribution in [1.82, 2.24) is 15.4 Å². The van der Waals surface area contributed by atoms with Gasteiger partial charge in [0.2, 0.25) is 0 Å². The van der Waals surface area contributed by atoms with Gasteiger partial charge < -0.3 is 4.90 Å². The van der Waals surface area contributed by atoms with Crippen LogP contribution in [-0.4, -0.2) is 34.0 Å². The van der Waals surface area contributed by atoms with E-state index in [9.17, 15) is 0 Å². The van der Waals surface area contributed by atoms with Crippen molar-refractivity contribution in [2.75, 3.05) is 13.1 Å². The lowest BCUT2D eigenvalue weighted by Crippen LogP contribution is -2.34. The average molecular weight is 260 g/mol. The third-order valence-corrected chi connectivity index (χ3v) is 3.45. The van der Waals surface area contributed by atoms with Crippen molar-refractivity contribution in [3.8, 4) is 0 Å². The number of hydroxylamine groups is 1. The van der Waals surface area contributed by atoms with Crippen molar-refractivity contribution in [1.29, 1.82) is 5.41 Å². The van der Waals surface area contributed by atoms with Crippen molar-refractivity contribution < 1.29 is 5.21 Å². The molecular weight excluding hydrogens is 240 g/mol. The summed E-state index contributed by atoms with van der Waals surface area (Å²) in [6, 6.07) is 3.70. The van der Waals surface area contributed by atoms with Gasteiger partial charge in [-0.25, -0.2) is 0 Å². The van der Waals surface area contributed by atoms with Crippen molar-refractivity contribution in [3.05, 3.63) is 41.9 Å². The highest BCUT2D eigenvalue weighted by Gasteiger charge is 2.16. The SMILES string of the molecule is C=C1CCN1CCCCc1ccc(C(=N)NO)nc1. The predicted octanol–water partition coefficient (Wildman–Crippen LogP) is 1.93. The first-order valence-corrected chi connectivity index (χ1v) is 6.57. The molecule has 5 heteroatoms. The zero-order valence-electron chi connectivity index (χ0n) is 11.0. The Balaban J connectivity index is 1.71. The Hall–Kier alpha value is -1.88. The number of nitrogens with one attached hydrogen (secondary N) is 2. The topological polar surface area (TPSA) is 72.2 Å². The fourth-order valence-electron chi connectivity index (χ4n) is 2.11. The Bertz CT molecular complexity index is 455. The second kappa shape index (κ2) is 6.33. The molecule has 1 aromatic rings. The van der Waals surface area contributed by atoms with Crippen LogP contribution in [0.4, 0.5) is 0 Å². The standard InChI is InChI=1S/C14H20N4O/c1-11-7-9-18(11)8-3-2-4-12-5-6-13(16-10-12)14(15)17-19/h5-6,10,19H,1-4,7-9H2,(H2,15,17). The summed E-state index contributed by atoms with van der Waals surface area (Å²) in [7, 11) is 0. The third-order valence-electron chi connectivity index (χ3n) is 3.45. The molecule has 1 saturated heterocycles. The van der Waals surface area contributed by atoms with Crippen LogP contribution < -0.4 is 5.48 Å². The monoisotopic (exact) mass is 260 g/mol. The molecule has 1 aromatic heterocycles. The van der Waals surface area contributed by atoms with Crippen LogP contribution in [0, 0.1) is 5.41 Å². The summed E-state index contributed by atoms with van der Waals surface area (Å²) < 4.78 is 0. The molecule has 0 aliphatic carbocycles. The smallest absolute Gasteiger partial charge is 0.168 e. The molecule has 0 spiro atoms. The lowest BCUT2D eigenvalue weighted by atomic mass is 10.1. The van der Waals surface area contributed by atoms with E-state index in [2.05, 4.69) is 16.5 Å². The number of amidine groups is 1. The molecule has 0 unspecified atom stereocenters. The van der Waals surface area contributed by atoms with Crippen LogP contribution in [0.25, 0.3) is 0 Å². The van der Waals surface area contributed by atoms with Crippen molar-refractivity contribution in [2.24, 2.45) is 0 Å². The molecule has 0 amide bonds. The predicted molar refractivity (Wildman–Crippen MR) is 74.3 cm³/mol. The van der Waals surface area contributed by atoms with Crippen molar-refractivity contribution in [3.63, 3.8) is 0 Å². The maximum Gasteiger partial charge on any atom is 0.168 e. The Kier molecular flexibility index (Phi) is 4.52. The van der Waals surface area contributed by atoms with Gasteiger partial charge in [0.15, 0.2) is 5.84 Å². The van der Waals surface area contributed by atoms with Crippen molar-refractivity contribution in [2.45, 2.75) is 25.7 Å². The van der Waals surface area contributed by atoms with Crippen LogP contribution in [0.5, 0.6) is 0 Å². The van der Waals surface area contributed by atoms with Crippen LogP contribution in [0.2, 0.25) is 0 Å². The lowest BCUT2D eigenvalue weighted by Gasteiger charge is -2.35. The summed E-state index contributed by atoms with van der Waals surface area (Å²) in [5, 5.41) is 16.0. The van der Waals surface area contributed by atoms with E-state index in [0.29, 0.717) is 5.69 Å². The Morgan fingerprint density at radius 2 is 2.32 bits per heavy atom. The Morgan fingerprint density at radius 1 is 1.47 bits per heavy atom. The highest BCUT2D eigenvalue weighted by molar-refractivity contribution is 5.93. The summed E-state index contributed by atoms with van der Waals surface area (Å²) in [5.41, 5.74) is 4.67. The Morgan fingerprint density at radius 3 is 2.84 bits per heavy atom. The van der Waals surface area contributed by atoms with E-state index in [-0.39, 0.29) is 5.84 Å². The maximum absolute atomic E-state index is 8.61. The average Bonchev–Trinajstić information content (AvgIpc) is 2.45. The zero-order valence-corrected chi connectivity index (χ0v) is 11.0. The van der Waals surface area contributed by atoms with Gasteiger partial charge in [-0.2, -0.15) is 0 Å². The first kappa shape index (κ1) is 13.5. The van der Waals surface area contributed by atoms with Gasteiger partial charge in [0.25, 0.3) is 0 Å². The number of likely N-dealkylation sites (tertiary alicyclic amines) is 1. The minimum atomic E-state index is -0.0807. The fraction of sp³-hybridized carbons (Fsp3) is 0.429. The molecule has 5 nitrogen and oxygen atoms in total. The number of nitrogens with zero attached hydrogens (tertiary/aromatic N) is 2. The van der Waals surface area contributed by atoms with Crippen molar-refractivity contribution >= 4 is 5.84 Å². The largest absolute Gasteiger partial charge is 0.375 e. The van der Waals surface area contributed by atoms with Gasteiger partial charge in [-0.1, -0.05) is 12.6 Å². The molecule has 1 fully saturated rings. The normalized spacial score (nSPS) is 14.2. The number of hydrogen-bond donors (Lipinski definition) is 3. The summed E-state index contributed by atoms with van der Waals surface area (Å²) in [5.74, 6) is -0.0807. The van der Waals surface area contributed by atoms with Crippen LogP contribution in [0.3, 0.4) is 0 Å². The number of hydrogen-bond acceptors (Lipinski definition) is 4. The molecule has 0 bridgehead atoms. The molecule has 1 aliphatic rings. The number of aromatic nitrogens is 1. The number of rotatable bonds is 6. The molecule has 0 aromatic carbocycles. The van der Waals surface area contributed by atoms with E-state index < -0.39 is 0 Å². The minimum absolute atomic E-state index is 0.0807. The van der Waals surface area contributed by atoms with Gasteiger partial charge in [0, 0.05) is 31.4 Å². The molecule has 0 radical (unpaired) electrons. The van der Waals surface area contributed by atoms with E-state index in [1.165, 1.54) is 5.70 Å². The summed E-state index contributed by atoms with van der Waals surface area (Å²) in [6.45, 7) is 6.24. The van der Waals surface area contributed by atoms with E-state index in [1.807, 2.05) is 6.07 Å². The molecule has 102 valence electrons. The molecule has 0 saturated carbocycles. The van der Waals surface area contributed by atoms with E-state index in [1.54, 1.807) is 17.7 Å². The second-order valence-corrected chi connectivity index (χ2v) is 4.80. The summed E-state index contributed by atoms with van der Waals surface area (Å²) >= 11 is 0. The van der Waals surface area contributed by atoms with Gasteiger partial charge in [-0.05, 0) is 30.9 Å². The molecule has 1 aliphatic heterocycles. The van der Waals surface area contributed by atoms with E-state index in [4.69, 9.17) is 10.6 Å². The zero-order chi connectivity index (χ0) is 13.7. The van der Waals surface area contributed by atoms with Gasteiger partial charge >= 0.3 is 0 Å². The molecule has 0 atom stereocenters. The molecule has 19 heavy (non-hydrogen) atoms. The van der Waals surface area contributed by atoms with Gasteiger partial charge in [0.1, 0.15) is 5.69 Å². The first-order chi connectivity index (χ1) is 9.20. The maximum atomic E-state index is 8.61. The number of pyridine rings is 1. The van der Waals surface area contributed by atoms with E-state index >= 15 is 0 Å². The van der Waals surface area contributed by atoms with Crippen LogP contribution >= 0.6 is 0 Å². The quantitative estimate of drug-likeness (QED) is 0.316. The summed E-state index contributed by atoms with van der Waals surface area (Å²) in [4.78, 5) is 6.46. The number of aryl methyl sites for hydroxylation is 1. The molecule has 3 N–H and O–H groups in total. The minimum Gasteiger partial charge on any atom is -0.375 e. The third kappa shape index (κ3) is 3.54. The molecule has 2 rings (SSSR count). The number of unbranched alkanes of at least 4 members (excludes halogenated alkanes) is 1. The van der Waals surface area contributed by atoms with Gasteiger partial charge in [-0.15, -0.1) is 0 Å². The van der Waals surface area contributed by atoms with Crippen LogP contribution in [0.1, 0.15) is 30.5 Å². The highest BCUT2D eigenvalue weighted by atomic mass is 16.5. The fourth-order valence-corrected chi connectivity index (χ4v) is 2.11. The van der Waals surface area contributed by atoms with Gasteiger partial charge in [0.05, 0.1) is 0 Å². The first-order valence-electron chi connectivity index (χ1n) is 6.57. The van der Waals surface area contributed by atoms with Crippen LogP contribution in [0.15, 0.2) is 30.6 Å². The lowest BCUT2D eigenvalue weighted by molar-refractivity contribution is 0.234. The van der Waals surface area contributed by atoms with Gasteiger partial charge in [-0.3, -0.25) is 21.1 Å². The van der Waals surface area contributed by atoms with E-state index in [0.717, 1.165) is 44.3 Å². The summed E-state index contributed by atoms with van der Waals surface area (Å²) in [6.07, 6.45) is 6.20. The second-order valence-electron chi connectivity index (χ2n) is 4.80.